The summed E-state index contributed by atoms with van der Waals surface area (Å²) in [5, 5.41) is 20.1. The number of carbonyl (C=O) groups is 1. The normalized spacial score (nSPS) is 11.0. The number of H-pyrrole nitrogens is 1. The SMILES string of the molecule is CN(C)C(=O)Cc1cc(-c2ccccc2)c(O)c(-c2cc3cc(C(=N)N)c(Cl)cc3[nH]2)c1. The summed E-state index contributed by atoms with van der Waals surface area (Å²) >= 11 is 6.27. The van der Waals surface area contributed by atoms with Crippen molar-refractivity contribution in [2.45, 2.75) is 6.42 Å². The van der Waals surface area contributed by atoms with Gasteiger partial charge in [-0.2, -0.15) is 0 Å². The molecule has 0 fully saturated rings. The van der Waals surface area contributed by atoms with Gasteiger partial charge in [-0.25, -0.2) is 0 Å². The number of nitrogens with zero attached hydrogens (tertiary/aromatic N) is 1. The number of rotatable bonds is 5. The Kier molecular flexibility index (Phi) is 5.63. The molecule has 0 unspecified atom stereocenters. The van der Waals surface area contributed by atoms with E-state index >= 15 is 0 Å². The molecule has 4 aromatic rings. The standard InChI is InChI=1S/C25H23ClN4O2/c1-30(2)23(31)10-14-8-17(15-6-4-3-5-7-15)24(32)19(9-14)22-12-16-11-18(25(27)28)20(26)13-21(16)29-22/h3-9,11-13,29,32H,10H2,1-2H3,(H3,27,28). The van der Waals surface area contributed by atoms with E-state index in [-0.39, 0.29) is 23.9 Å². The fourth-order valence-corrected chi connectivity index (χ4v) is 3.94. The number of phenols is 1. The van der Waals surface area contributed by atoms with E-state index in [4.69, 9.17) is 22.7 Å². The van der Waals surface area contributed by atoms with Crippen molar-refractivity contribution in [2.75, 3.05) is 14.1 Å². The van der Waals surface area contributed by atoms with Crippen LogP contribution in [0.4, 0.5) is 0 Å². The molecular formula is C25H23ClN4O2. The number of phenolic OH excluding ortho intramolecular Hbond substituents is 1. The van der Waals surface area contributed by atoms with Crippen molar-refractivity contribution in [3.05, 3.63) is 76.8 Å². The molecular weight excluding hydrogens is 424 g/mol. The van der Waals surface area contributed by atoms with Gasteiger partial charge in [-0.15, -0.1) is 0 Å². The first-order valence-electron chi connectivity index (χ1n) is 10.0. The monoisotopic (exact) mass is 446 g/mol. The van der Waals surface area contributed by atoms with E-state index in [1.807, 2.05) is 48.5 Å². The number of aromatic amines is 1. The largest absolute Gasteiger partial charge is 0.507 e. The Morgan fingerprint density at radius 1 is 1.09 bits per heavy atom. The highest BCUT2D eigenvalue weighted by molar-refractivity contribution is 6.34. The molecule has 162 valence electrons. The summed E-state index contributed by atoms with van der Waals surface area (Å²) in [7, 11) is 3.44. The van der Waals surface area contributed by atoms with E-state index in [9.17, 15) is 9.90 Å². The van der Waals surface area contributed by atoms with Crippen molar-refractivity contribution >= 4 is 34.2 Å². The quantitative estimate of drug-likeness (QED) is 0.262. The highest BCUT2D eigenvalue weighted by Crippen LogP contribution is 2.40. The maximum absolute atomic E-state index is 12.4. The fraction of sp³-hybridized carbons (Fsp3) is 0.120. The molecule has 32 heavy (non-hydrogen) atoms. The number of nitrogens with two attached hydrogens (primary N) is 1. The van der Waals surface area contributed by atoms with Gasteiger partial charge in [0.1, 0.15) is 11.6 Å². The van der Waals surface area contributed by atoms with Gasteiger partial charge >= 0.3 is 0 Å². The number of fused-ring (bicyclic) bond motifs is 1. The van der Waals surface area contributed by atoms with Crippen molar-refractivity contribution < 1.29 is 9.90 Å². The summed E-state index contributed by atoms with van der Waals surface area (Å²) in [5.74, 6) is -0.0325. The lowest BCUT2D eigenvalue weighted by molar-refractivity contribution is -0.127. The zero-order valence-corrected chi connectivity index (χ0v) is 18.5. The van der Waals surface area contributed by atoms with Gasteiger partial charge < -0.3 is 20.7 Å². The van der Waals surface area contributed by atoms with Crippen molar-refractivity contribution in [1.29, 1.82) is 5.41 Å². The van der Waals surface area contributed by atoms with Gasteiger partial charge in [0.15, 0.2) is 0 Å². The number of halogens is 1. The number of carbonyl (C=O) groups excluding carboxylic acids is 1. The van der Waals surface area contributed by atoms with Gasteiger partial charge in [-0.3, -0.25) is 10.2 Å². The maximum Gasteiger partial charge on any atom is 0.226 e. The molecule has 0 saturated carbocycles. The summed E-state index contributed by atoms with van der Waals surface area (Å²) in [5.41, 5.74) is 10.4. The van der Waals surface area contributed by atoms with Crippen molar-refractivity contribution in [2.24, 2.45) is 5.73 Å². The van der Waals surface area contributed by atoms with Crippen LogP contribution in [0.5, 0.6) is 5.75 Å². The second-order valence-corrected chi connectivity index (χ2v) is 8.29. The number of nitrogens with one attached hydrogen (secondary N) is 2. The smallest absolute Gasteiger partial charge is 0.226 e. The Hall–Kier alpha value is -3.77. The minimum atomic E-state index is -0.113. The molecule has 0 aliphatic carbocycles. The van der Waals surface area contributed by atoms with E-state index in [0.29, 0.717) is 27.4 Å². The van der Waals surface area contributed by atoms with E-state index in [0.717, 1.165) is 22.0 Å². The van der Waals surface area contributed by atoms with Crippen molar-refractivity contribution in [3.8, 4) is 28.1 Å². The van der Waals surface area contributed by atoms with E-state index in [2.05, 4.69) is 4.98 Å². The predicted molar refractivity (Wildman–Crippen MR) is 129 cm³/mol. The van der Waals surface area contributed by atoms with Crippen molar-refractivity contribution in [3.63, 3.8) is 0 Å². The molecule has 0 saturated heterocycles. The third-order valence-corrected chi connectivity index (χ3v) is 5.71. The minimum absolute atomic E-state index is 0.0322. The molecule has 0 bridgehead atoms. The van der Waals surface area contributed by atoms with E-state index in [1.54, 1.807) is 31.1 Å². The maximum atomic E-state index is 12.4. The summed E-state index contributed by atoms with van der Waals surface area (Å²) < 4.78 is 0. The van der Waals surface area contributed by atoms with Gasteiger partial charge in [0, 0.05) is 41.7 Å². The fourth-order valence-electron chi connectivity index (χ4n) is 3.68. The minimum Gasteiger partial charge on any atom is -0.507 e. The van der Waals surface area contributed by atoms with Gasteiger partial charge in [-0.1, -0.05) is 41.9 Å². The number of benzene rings is 3. The Morgan fingerprint density at radius 3 is 2.44 bits per heavy atom. The lowest BCUT2D eigenvalue weighted by Gasteiger charge is -2.15. The molecule has 1 heterocycles. The molecule has 0 radical (unpaired) electrons. The highest BCUT2D eigenvalue weighted by Gasteiger charge is 2.18. The zero-order chi connectivity index (χ0) is 23.0. The van der Waals surface area contributed by atoms with Crippen LogP contribution in [-0.2, 0) is 11.2 Å². The molecule has 5 N–H and O–H groups in total. The molecule has 3 aromatic carbocycles. The van der Waals surface area contributed by atoms with Crippen LogP contribution in [0.15, 0.2) is 60.7 Å². The van der Waals surface area contributed by atoms with Crippen LogP contribution in [0.1, 0.15) is 11.1 Å². The van der Waals surface area contributed by atoms with Gasteiger partial charge in [0.25, 0.3) is 0 Å². The molecule has 0 spiro atoms. The van der Waals surface area contributed by atoms with Gasteiger partial charge in [0.05, 0.1) is 17.1 Å². The number of amidine groups is 1. The molecule has 6 nitrogen and oxygen atoms in total. The lowest BCUT2D eigenvalue weighted by atomic mass is 9.95. The topological polar surface area (TPSA) is 106 Å². The molecule has 1 amide bonds. The number of hydrogen-bond acceptors (Lipinski definition) is 3. The summed E-state index contributed by atoms with van der Waals surface area (Å²) in [6.07, 6.45) is 0.209. The average molecular weight is 447 g/mol. The third-order valence-electron chi connectivity index (χ3n) is 5.40. The van der Waals surface area contributed by atoms with E-state index in [1.165, 1.54) is 0 Å². The van der Waals surface area contributed by atoms with Crippen LogP contribution < -0.4 is 5.73 Å². The number of aromatic hydroxyl groups is 1. The Bertz CT molecular complexity index is 1340. The van der Waals surface area contributed by atoms with Crippen molar-refractivity contribution in [1.82, 2.24) is 9.88 Å². The van der Waals surface area contributed by atoms with E-state index < -0.39 is 0 Å². The van der Waals surface area contributed by atoms with Gasteiger partial charge in [-0.05, 0) is 41.5 Å². The summed E-state index contributed by atoms with van der Waals surface area (Å²) in [6.45, 7) is 0. The first kappa shape index (κ1) is 21.5. The first-order chi connectivity index (χ1) is 15.2. The Labute approximate surface area is 190 Å². The van der Waals surface area contributed by atoms with Crippen LogP contribution in [-0.4, -0.2) is 40.8 Å². The predicted octanol–water partition coefficient (Wildman–Crippen LogP) is 4.78. The second-order valence-electron chi connectivity index (χ2n) is 7.89. The van der Waals surface area contributed by atoms with Crippen LogP contribution in [0.2, 0.25) is 5.02 Å². The number of aromatic nitrogens is 1. The molecule has 7 heteroatoms. The molecule has 4 rings (SSSR count). The summed E-state index contributed by atoms with van der Waals surface area (Å²) in [4.78, 5) is 17.2. The Balaban J connectivity index is 1.91. The molecule has 1 aromatic heterocycles. The molecule has 0 aliphatic rings. The van der Waals surface area contributed by atoms with Crippen LogP contribution in [0.25, 0.3) is 33.3 Å². The number of hydrogen-bond donors (Lipinski definition) is 4. The highest BCUT2D eigenvalue weighted by atomic mass is 35.5. The Morgan fingerprint density at radius 2 is 1.78 bits per heavy atom. The molecule has 0 aliphatic heterocycles. The number of nitrogen functional groups attached to an aromatic ring is 1. The van der Waals surface area contributed by atoms with Crippen LogP contribution >= 0.6 is 11.6 Å². The third kappa shape index (κ3) is 4.05. The zero-order valence-electron chi connectivity index (χ0n) is 17.7. The molecule has 0 atom stereocenters. The van der Waals surface area contributed by atoms with Gasteiger partial charge in [0.2, 0.25) is 5.91 Å². The number of amides is 1. The first-order valence-corrected chi connectivity index (χ1v) is 10.4. The van der Waals surface area contributed by atoms with Crippen LogP contribution in [0.3, 0.4) is 0 Å². The van der Waals surface area contributed by atoms with Crippen LogP contribution in [0, 0.1) is 5.41 Å². The second kappa shape index (κ2) is 8.40. The summed E-state index contributed by atoms with van der Waals surface area (Å²) in [6, 6.07) is 18.6. The lowest BCUT2D eigenvalue weighted by Crippen LogP contribution is -2.23. The average Bonchev–Trinajstić information content (AvgIpc) is 3.17. The number of likely N-dealkylation sites (N-methyl/N-ethyl adjacent to an activating group) is 1.